The molecule has 0 atom stereocenters. The topological polar surface area (TPSA) is 81.1 Å². The van der Waals surface area contributed by atoms with Gasteiger partial charge < -0.3 is 10.8 Å². The van der Waals surface area contributed by atoms with Gasteiger partial charge in [-0.05, 0) is 24.0 Å². The lowest BCUT2D eigenvalue weighted by Gasteiger charge is -2.04. The molecule has 2 aromatic rings. The van der Waals surface area contributed by atoms with Gasteiger partial charge in [0.05, 0.1) is 6.54 Å². The average Bonchev–Trinajstić information content (AvgIpc) is 2.69. The first-order valence-electron chi connectivity index (χ1n) is 5.41. The van der Waals surface area contributed by atoms with Gasteiger partial charge in [-0.1, -0.05) is 23.7 Å². The standard InChI is InChI=1S/C12H12ClN3O2S/c1-19-11-9(12(17)18)10(14)16(15-11)6-7-2-4-8(13)5-3-7/h2-5H,6,14H2,1H3,(H,17,18). The van der Waals surface area contributed by atoms with Gasteiger partial charge in [-0.15, -0.1) is 11.8 Å². The van der Waals surface area contributed by atoms with Crippen molar-refractivity contribution in [1.82, 2.24) is 9.78 Å². The summed E-state index contributed by atoms with van der Waals surface area (Å²) >= 11 is 7.07. The summed E-state index contributed by atoms with van der Waals surface area (Å²) in [7, 11) is 0. The third-order valence-corrected chi connectivity index (χ3v) is 3.54. The molecule has 0 saturated carbocycles. The third-order valence-electron chi connectivity index (χ3n) is 2.61. The largest absolute Gasteiger partial charge is 0.477 e. The number of halogens is 1. The van der Waals surface area contributed by atoms with Crippen LogP contribution < -0.4 is 5.73 Å². The Morgan fingerprint density at radius 1 is 1.47 bits per heavy atom. The predicted molar refractivity (Wildman–Crippen MR) is 75.9 cm³/mol. The molecule has 19 heavy (non-hydrogen) atoms. The second kappa shape index (κ2) is 5.54. The van der Waals surface area contributed by atoms with Crippen LogP contribution in [0.4, 0.5) is 5.82 Å². The molecule has 100 valence electrons. The van der Waals surface area contributed by atoms with Crippen LogP contribution in [0.5, 0.6) is 0 Å². The fourth-order valence-electron chi connectivity index (χ4n) is 1.68. The molecule has 0 radical (unpaired) electrons. The molecule has 0 fully saturated rings. The summed E-state index contributed by atoms with van der Waals surface area (Å²) < 4.78 is 1.48. The summed E-state index contributed by atoms with van der Waals surface area (Å²) in [6, 6.07) is 7.24. The SMILES string of the molecule is CSc1nn(Cc2ccc(Cl)cc2)c(N)c1C(=O)O. The molecular weight excluding hydrogens is 286 g/mol. The highest BCUT2D eigenvalue weighted by Crippen LogP contribution is 2.25. The Labute approximate surface area is 119 Å². The van der Waals surface area contributed by atoms with Crippen LogP contribution in [0.3, 0.4) is 0 Å². The van der Waals surface area contributed by atoms with Crippen LogP contribution in [0, 0.1) is 0 Å². The van der Waals surface area contributed by atoms with Crippen molar-refractivity contribution in [2.24, 2.45) is 0 Å². The van der Waals surface area contributed by atoms with Gasteiger partial charge in [-0.3, -0.25) is 0 Å². The van der Waals surface area contributed by atoms with Crippen molar-refractivity contribution in [2.45, 2.75) is 11.6 Å². The number of thioether (sulfide) groups is 1. The fraction of sp³-hybridized carbons (Fsp3) is 0.167. The van der Waals surface area contributed by atoms with Gasteiger partial charge in [0.25, 0.3) is 0 Å². The minimum Gasteiger partial charge on any atom is -0.477 e. The molecule has 0 aliphatic rings. The monoisotopic (exact) mass is 297 g/mol. The third kappa shape index (κ3) is 2.85. The summed E-state index contributed by atoms with van der Waals surface area (Å²) in [5, 5.41) is 14.4. The lowest BCUT2D eigenvalue weighted by Crippen LogP contribution is -2.08. The van der Waals surface area contributed by atoms with E-state index in [0.717, 1.165) is 5.56 Å². The van der Waals surface area contributed by atoms with Gasteiger partial charge in [-0.2, -0.15) is 5.10 Å². The molecule has 0 unspecified atom stereocenters. The average molecular weight is 298 g/mol. The van der Waals surface area contributed by atoms with E-state index in [-0.39, 0.29) is 11.4 Å². The maximum absolute atomic E-state index is 11.1. The summed E-state index contributed by atoms with van der Waals surface area (Å²) in [5.41, 5.74) is 6.84. The molecule has 3 N–H and O–H groups in total. The molecule has 7 heteroatoms. The Morgan fingerprint density at radius 2 is 2.11 bits per heavy atom. The Hall–Kier alpha value is -1.66. The van der Waals surface area contributed by atoms with Crippen molar-refractivity contribution < 1.29 is 9.90 Å². The lowest BCUT2D eigenvalue weighted by molar-refractivity contribution is 0.0694. The fourth-order valence-corrected chi connectivity index (χ4v) is 2.38. The quantitative estimate of drug-likeness (QED) is 0.848. The maximum atomic E-state index is 11.1. The lowest BCUT2D eigenvalue weighted by atomic mass is 10.2. The van der Waals surface area contributed by atoms with Crippen LogP contribution in [0.25, 0.3) is 0 Å². The van der Waals surface area contributed by atoms with Crippen molar-refractivity contribution in [3.05, 3.63) is 40.4 Å². The number of nitrogens with zero attached hydrogens (tertiary/aromatic N) is 2. The number of carboxylic acids is 1. The minimum atomic E-state index is -1.07. The van der Waals surface area contributed by atoms with Gasteiger partial charge >= 0.3 is 5.97 Å². The van der Waals surface area contributed by atoms with Crippen LogP contribution in [0.1, 0.15) is 15.9 Å². The van der Waals surface area contributed by atoms with Gasteiger partial charge in [0.15, 0.2) is 0 Å². The summed E-state index contributed by atoms with van der Waals surface area (Å²) in [4.78, 5) is 11.1. The number of nitrogen functional groups attached to an aromatic ring is 1. The molecule has 1 heterocycles. The van der Waals surface area contributed by atoms with E-state index < -0.39 is 5.97 Å². The van der Waals surface area contributed by atoms with Crippen molar-refractivity contribution in [3.8, 4) is 0 Å². The molecule has 0 amide bonds. The highest BCUT2D eigenvalue weighted by Gasteiger charge is 2.21. The number of nitrogens with two attached hydrogens (primary N) is 1. The van der Waals surface area contributed by atoms with E-state index in [0.29, 0.717) is 16.6 Å². The Bertz CT molecular complexity index is 610. The van der Waals surface area contributed by atoms with Crippen LogP contribution in [0.15, 0.2) is 29.3 Å². The normalized spacial score (nSPS) is 10.6. The van der Waals surface area contributed by atoms with E-state index in [2.05, 4.69) is 5.10 Å². The number of aromatic carboxylic acids is 1. The zero-order valence-corrected chi connectivity index (χ0v) is 11.7. The summed E-state index contributed by atoms with van der Waals surface area (Å²) in [6.45, 7) is 0.407. The first-order chi connectivity index (χ1) is 9.02. The van der Waals surface area contributed by atoms with Gasteiger partial charge in [0.2, 0.25) is 0 Å². The van der Waals surface area contributed by atoms with Crippen LogP contribution in [-0.4, -0.2) is 27.1 Å². The molecule has 0 aliphatic heterocycles. The van der Waals surface area contributed by atoms with Crippen molar-refractivity contribution >= 4 is 35.1 Å². The number of carboxylic acid groups (broad SMARTS) is 1. The van der Waals surface area contributed by atoms with Crippen LogP contribution in [-0.2, 0) is 6.54 Å². The summed E-state index contributed by atoms with van der Waals surface area (Å²) in [5.74, 6) is -0.906. The molecule has 1 aromatic carbocycles. The highest BCUT2D eigenvalue weighted by molar-refractivity contribution is 7.98. The molecule has 1 aromatic heterocycles. The van der Waals surface area contributed by atoms with E-state index in [9.17, 15) is 4.79 Å². The van der Waals surface area contributed by atoms with Crippen molar-refractivity contribution in [1.29, 1.82) is 0 Å². The molecule has 0 aliphatic carbocycles. The second-order valence-electron chi connectivity index (χ2n) is 3.86. The first-order valence-corrected chi connectivity index (χ1v) is 7.01. The number of rotatable bonds is 4. The van der Waals surface area contributed by atoms with Gasteiger partial charge in [0, 0.05) is 5.02 Å². The Morgan fingerprint density at radius 3 is 2.58 bits per heavy atom. The Balaban J connectivity index is 2.35. The zero-order chi connectivity index (χ0) is 14.0. The molecule has 5 nitrogen and oxygen atoms in total. The number of benzene rings is 1. The zero-order valence-electron chi connectivity index (χ0n) is 10.1. The molecule has 2 rings (SSSR count). The predicted octanol–water partition coefficient (Wildman–Crippen LogP) is 2.59. The highest BCUT2D eigenvalue weighted by atomic mass is 35.5. The Kier molecular flexibility index (Phi) is 4.01. The second-order valence-corrected chi connectivity index (χ2v) is 5.09. The smallest absolute Gasteiger partial charge is 0.342 e. The van der Waals surface area contributed by atoms with E-state index in [1.807, 2.05) is 12.1 Å². The van der Waals surface area contributed by atoms with E-state index in [4.69, 9.17) is 22.4 Å². The number of hydrogen-bond donors (Lipinski definition) is 2. The van der Waals surface area contributed by atoms with E-state index in [1.54, 1.807) is 18.4 Å². The van der Waals surface area contributed by atoms with Crippen LogP contribution in [0.2, 0.25) is 5.02 Å². The van der Waals surface area contributed by atoms with Crippen molar-refractivity contribution in [2.75, 3.05) is 12.0 Å². The van der Waals surface area contributed by atoms with E-state index >= 15 is 0 Å². The van der Waals surface area contributed by atoms with Gasteiger partial charge in [0.1, 0.15) is 16.4 Å². The molecule has 0 bridgehead atoms. The number of hydrogen-bond acceptors (Lipinski definition) is 4. The molecular formula is C12H12ClN3O2S. The number of aromatic nitrogens is 2. The molecule has 0 saturated heterocycles. The van der Waals surface area contributed by atoms with Gasteiger partial charge in [-0.25, -0.2) is 9.48 Å². The first kappa shape index (κ1) is 13.8. The minimum absolute atomic E-state index is 0.0569. The van der Waals surface area contributed by atoms with Crippen LogP contribution >= 0.6 is 23.4 Å². The van der Waals surface area contributed by atoms with E-state index in [1.165, 1.54) is 16.4 Å². The number of anilines is 1. The molecule has 0 spiro atoms. The van der Waals surface area contributed by atoms with Crippen molar-refractivity contribution in [3.63, 3.8) is 0 Å². The number of carbonyl (C=O) groups is 1. The summed E-state index contributed by atoms with van der Waals surface area (Å²) in [6.07, 6.45) is 1.76. The maximum Gasteiger partial charge on any atom is 0.342 e.